The number of anilines is 1. The normalized spacial score (nSPS) is 11.4. The van der Waals surface area contributed by atoms with E-state index in [0.29, 0.717) is 19.0 Å². The summed E-state index contributed by atoms with van der Waals surface area (Å²) in [4.78, 5) is 15.1. The van der Waals surface area contributed by atoms with Gasteiger partial charge in [0.25, 0.3) is 0 Å². The van der Waals surface area contributed by atoms with Gasteiger partial charge in [0.05, 0.1) is 5.56 Å². The lowest BCUT2D eigenvalue weighted by Crippen LogP contribution is -2.37. The Morgan fingerprint density at radius 1 is 0.966 bits per heavy atom. The van der Waals surface area contributed by atoms with Crippen LogP contribution in [0.1, 0.15) is 23.6 Å². The first-order valence-corrected chi connectivity index (χ1v) is 8.75. The topological polar surface area (TPSA) is 65.5 Å². The summed E-state index contributed by atoms with van der Waals surface area (Å²) >= 11 is 0. The van der Waals surface area contributed by atoms with Crippen molar-refractivity contribution in [3.8, 4) is 0 Å². The first-order valence-electron chi connectivity index (χ1n) is 8.75. The number of halogens is 4. The van der Waals surface area contributed by atoms with Gasteiger partial charge in [0.2, 0.25) is 5.91 Å². The summed E-state index contributed by atoms with van der Waals surface area (Å²) < 4.78 is 37.7. The molecule has 0 aliphatic rings. The highest BCUT2D eigenvalue weighted by Gasteiger charge is 2.29. The van der Waals surface area contributed by atoms with Crippen molar-refractivity contribution in [2.75, 3.05) is 18.9 Å². The van der Waals surface area contributed by atoms with E-state index in [1.54, 1.807) is 7.05 Å². The summed E-state index contributed by atoms with van der Waals surface area (Å²) in [6.45, 7) is 2.45. The van der Waals surface area contributed by atoms with Gasteiger partial charge in [0, 0.05) is 32.7 Å². The second-order valence-corrected chi connectivity index (χ2v) is 6.18. The average Bonchev–Trinajstić information content (AvgIpc) is 2.65. The molecule has 0 unspecified atom stereocenters. The highest BCUT2D eigenvalue weighted by Crippen LogP contribution is 2.29. The lowest BCUT2D eigenvalue weighted by atomic mass is 10.1. The van der Waals surface area contributed by atoms with E-state index in [4.69, 9.17) is 0 Å². The average molecular weight is 520 g/mol. The standard InChI is InChI=1S/C20H23F3N4O.HI/c1-14(28)27-18-9-5-15(6-10-18)11-12-25-19(24-2)26-13-16-3-7-17(8-4-16)20(21,22)23;/h3-10H,11-13H2,1-2H3,(H,27,28)(H2,24,25,26);1H. The molecular weight excluding hydrogens is 496 g/mol. The zero-order valence-corrected chi connectivity index (χ0v) is 18.5. The van der Waals surface area contributed by atoms with Crippen LogP contribution in [-0.2, 0) is 23.9 Å². The van der Waals surface area contributed by atoms with Gasteiger partial charge in [-0.3, -0.25) is 9.79 Å². The van der Waals surface area contributed by atoms with Crippen molar-refractivity contribution in [2.24, 2.45) is 4.99 Å². The number of benzene rings is 2. The first kappa shape index (κ1) is 24.7. The predicted molar refractivity (Wildman–Crippen MR) is 120 cm³/mol. The minimum absolute atomic E-state index is 0. The van der Waals surface area contributed by atoms with Gasteiger partial charge in [0.15, 0.2) is 5.96 Å². The van der Waals surface area contributed by atoms with Gasteiger partial charge < -0.3 is 16.0 Å². The molecule has 2 aromatic rings. The zero-order chi connectivity index (χ0) is 20.6. The third-order valence-corrected chi connectivity index (χ3v) is 3.95. The van der Waals surface area contributed by atoms with Gasteiger partial charge in [-0.25, -0.2) is 0 Å². The first-order chi connectivity index (χ1) is 13.3. The van der Waals surface area contributed by atoms with E-state index in [2.05, 4.69) is 20.9 Å². The monoisotopic (exact) mass is 520 g/mol. The molecule has 9 heteroatoms. The van der Waals surface area contributed by atoms with Crippen LogP contribution in [0, 0.1) is 0 Å². The van der Waals surface area contributed by atoms with Crippen molar-refractivity contribution in [1.82, 2.24) is 10.6 Å². The fraction of sp³-hybridized carbons (Fsp3) is 0.300. The van der Waals surface area contributed by atoms with Crippen LogP contribution in [0.5, 0.6) is 0 Å². The number of carbonyl (C=O) groups excluding carboxylic acids is 1. The Hall–Kier alpha value is -2.30. The largest absolute Gasteiger partial charge is 0.416 e. The predicted octanol–water partition coefficient (Wildman–Crippen LogP) is 4.19. The number of amides is 1. The molecule has 1 amide bonds. The highest BCUT2D eigenvalue weighted by molar-refractivity contribution is 14.0. The molecule has 0 heterocycles. The van der Waals surface area contributed by atoms with Crippen LogP contribution in [0.3, 0.4) is 0 Å². The number of nitrogens with zero attached hydrogens (tertiary/aromatic N) is 1. The van der Waals surface area contributed by atoms with Crippen LogP contribution in [-0.4, -0.2) is 25.5 Å². The molecule has 29 heavy (non-hydrogen) atoms. The van der Waals surface area contributed by atoms with Crippen molar-refractivity contribution in [2.45, 2.75) is 26.1 Å². The molecule has 0 saturated heterocycles. The number of carbonyl (C=O) groups is 1. The molecule has 5 nitrogen and oxygen atoms in total. The van der Waals surface area contributed by atoms with E-state index in [9.17, 15) is 18.0 Å². The lowest BCUT2D eigenvalue weighted by Gasteiger charge is -2.13. The van der Waals surface area contributed by atoms with E-state index < -0.39 is 11.7 Å². The summed E-state index contributed by atoms with van der Waals surface area (Å²) in [5.41, 5.74) is 1.91. The van der Waals surface area contributed by atoms with Crippen LogP contribution in [0.15, 0.2) is 53.5 Å². The summed E-state index contributed by atoms with van der Waals surface area (Å²) in [6, 6.07) is 12.6. The van der Waals surface area contributed by atoms with Gasteiger partial charge in [-0.05, 0) is 41.8 Å². The molecule has 0 bridgehead atoms. The molecule has 0 fully saturated rings. The van der Waals surface area contributed by atoms with Crippen LogP contribution in [0.2, 0.25) is 0 Å². The third-order valence-electron chi connectivity index (χ3n) is 3.95. The molecule has 2 aromatic carbocycles. The third kappa shape index (κ3) is 8.71. The van der Waals surface area contributed by atoms with E-state index >= 15 is 0 Å². The molecular formula is C20H24F3IN4O. The number of alkyl halides is 3. The van der Waals surface area contributed by atoms with Crippen molar-refractivity contribution in [3.63, 3.8) is 0 Å². The van der Waals surface area contributed by atoms with Crippen molar-refractivity contribution >= 4 is 41.5 Å². The number of nitrogens with one attached hydrogen (secondary N) is 3. The number of rotatable bonds is 6. The number of guanidine groups is 1. The smallest absolute Gasteiger partial charge is 0.356 e. The quantitative estimate of drug-likeness (QED) is 0.304. The number of hydrogen-bond donors (Lipinski definition) is 3. The summed E-state index contributed by atoms with van der Waals surface area (Å²) in [5, 5.41) is 8.94. The van der Waals surface area contributed by atoms with E-state index in [-0.39, 0.29) is 29.9 Å². The van der Waals surface area contributed by atoms with E-state index in [1.807, 2.05) is 24.3 Å². The van der Waals surface area contributed by atoms with Gasteiger partial charge in [-0.1, -0.05) is 24.3 Å². The molecule has 0 saturated carbocycles. The van der Waals surface area contributed by atoms with Crippen LogP contribution in [0.25, 0.3) is 0 Å². The molecule has 0 aromatic heterocycles. The van der Waals surface area contributed by atoms with Crippen LogP contribution >= 0.6 is 24.0 Å². The Kier molecular flexibility index (Phi) is 9.93. The summed E-state index contributed by atoms with van der Waals surface area (Å²) in [6.07, 6.45) is -3.58. The molecule has 0 spiro atoms. The van der Waals surface area contributed by atoms with Gasteiger partial charge >= 0.3 is 6.18 Å². The maximum absolute atomic E-state index is 12.6. The van der Waals surface area contributed by atoms with Crippen molar-refractivity contribution < 1.29 is 18.0 Å². The van der Waals surface area contributed by atoms with Crippen molar-refractivity contribution in [1.29, 1.82) is 0 Å². The second kappa shape index (κ2) is 11.6. The van der Waals surface area contributed by atoms with Gasteiger partial charge in [-0.15, -0.1) is 24.0 Å². The zero-order valence-electron chi connectivity index (χ0n) is 16.1. The van der Waals surface area contributed by atoms with Gasteiger partial charge in [-0.2, -0.15) is 13.2 Å². The second-order valence-electron chi connectivity index (χ2n) is 6.18. The molecule has 2 rings (SSSR count). The summed E-state index contributed by atoms with van der Waals surface area (Å²) in [7, 11) is 1.63. The van der Waals surface area contributed by atoms with Crippen LogP contribution < -0.4 is 16.0 Å². The maximum Gasteiger partial charge on any atom is 0.416 e. The molecule has 3 N–H and O–H groups in total. The molecule has 0 aliphatic heterocycles. The van der Waals surface area contributed by atoms with Crippen molar-refractivity contribution in [3.05, 3.63) is 65.2 Å². The Balaban J connectivity index is 0.00000420. The van der Waals surface area contributed by atoms with E-state index in [1.165, 1.54) is 19.1 Å². The lowest BCUT2D eigenvalue weighted by molar-refractivity contribution is -0.137. The Morgan fingerprint density at radius 3 is 2.07 bits per heavy atom. The fourth-order valence-electron chi connectivity index (χ4n) is 2.50. The Morgan fingerprint density at radius 2 is 1.55 bits per heavy atom. The van der Waals surface area contributed by atoms with E-state index in [0.717, 1.165) is 35.4 Å². The molecule has 158 valence electrons. The molecule has 0 aliphatic carbocycles. The SMILES string of the molecule is CN=C(NCCc1ccc(NC(C)=O)cc1)NCc1ccc(C(F)(F)F)cc1.I. The fourth-order valence-corrected chi connectivity index (χ4v) is 2.50. The van der Waals surface area contributed by atoms with Crippen LogP contribution in [0.4, 0.5) is 18.9 Å². The maximum atomic E-state index is 12.6. The molecule has 0 radical (unpaired) electrons. The minimum atomic E-state index is -4.33. The minimum Gasteiger partial charge on any atom is -0.356 e. The number of aliphatic imine (C=N–C) groups is 1. The Labute approximate surface area is 185 Å². The van der Waals surface area contributed by atoms with Gasteiger partial charge in [0.1, 0.15) is 0 Å². The number of hydrogen-bond acceptors (Lipinski definition) is 2. The highest BCUT2D eigenvalue weighted by atomic mass is 127. The summed E-state index contributed by atoms with van der Waals surface area (Å²) in [5.74, 6) is 0.451. The Bertz CT molecular complexity index is 806. The molecule has 0 atom stereocenters.